The van der Waals surface area contributed by atoms with Gasteiger partial charge in [0.05, 0.1) is 16.4 Å². The summed E-state index contributed by atoms with van der Waals surface area (Å²) >= 11 is 5.73. The lowest BCUT2D eigenvalue weighted by molar-refractivity contribution is 0.385. The monoisotopic (exact) mass is 188 g/mol. The van der Waals surface area contributed by atoms with Gasteiger partial charge in [-0.2, -0.15) is 0 Å². The molecule has 1 aromatic carbocycles. The Bertz CT molecular complexity index is 266. The summed E-state index contributed by atoms with van der Waals surface area (Å²) in [4.78, 5) is 0. The van der Waals surface area contributed by atoms with Crippen LogP contribution in [0.2, 0.25) is 5.02 Å². The van der Waals surface area contributed by atoms with Crippen molar-refractivity contribution in [2.45, 2.75) is 6.92 Å². The molecule has 0 atom stereocenters. The molecule has 0 saturated carbocycles. The molecular weight excluding hydrogens is 180 g/mol. The van der Waals surface area contributed by atoms with E-state index in [1.165, 1.54) is 6.07 Å². The van der Waals surface area contributed by atoms with Crippen molar-refractivity contribution in [1.29, 1.82) is 0 Å². The molecule has 12 heavy (non-hydrogen) atoms. The number of aryl methyl sites for hydroxylation is 1. The highest BCUT2D eigenvalue weighted by Gasteiger charge is 2.03. The van der Waals surface area contributed by atoms with E-state index in [-0.39, 0.29) is 0 Å². The van der Waals surface area contributed by atoms with Crippen molar-refractivity contribution in [1.82, 2.24) is 0 Å². The molecule has 0 fully saturated rings. The molecule has 0 aliphatic rings. The fraction of sp³-hybridized carbons (Fsp3) is 0.143. The molecule has 1 aromatic rings. The summed E-state index contributed by atoms with van der Waals surface area (Å²) in [6, 6.07) is 3.12. The Balaban J connectivity index is 3.18. The van der Waals surface area contributed by atoms with Gasteiger partial charge in [-0.05, 0) is 24.6 Å². The van der Waals surface area contributed by atoms with Crippen molar-refractivity contribution in [2.75, 3.05) is 11.0 Å². The molecule has 5 heteroatoms. The van der Waals surface area contributed by atoms with Crippen LogP contribution in [0.4, 0.5) is 11.4 Å². The Morgan fingerprint density at radius 2 is 1.75 bits per heavy atom. The quantitative estimate of drug-likeness (QED) is 0.538. The van der Waals surface area contributed by atoms with Crippen LogP contribution in [-0.2, 0) is 0 Å². The van der Waals surface area contributed by atoms with Crippen LogP contribution in [0.25, 0.3) is 0 Å². The van der Waals surface area contributed by atoms with Gasteiger partial charge in [0.2, 0.25) is 0 Å². The average molecular weight is 189 g/mol. The molecule has 0 aromatic heterocycles. The molecule has 66 valence electrons. The highest BCUT2D eigenvalue weighted by molar-refractivity contribution is 6.33. The minimum absolute atomic E-state index is 0.346. The second-order valence-corrected chi connectivity index (χ2v) is 2.78. The molecule has 0 spiro atoms. The minimum atomic E-state index is 0.346. The van der Waals surface area contributed by atoms with Crippen LogP contribution in [0.3, 0.4) is 0 Å². The number of rotatable bonds is 2. The first-order chi connectivity index (χ1) is 5.69. The largest absolute Gasteiger partial charge is 0.291 e. The van der Waals surface area contributed by atoms with Crippen LogP contribution in [0.1, 0.15) is 5.56 Å². The Kier molecular flexibility index (Phi) is 2.75. The number of benzene rings is 1. The number of anilines is 2. The molecule has 0 radical (unpaired) electrons. The first-order valence-corrected chi connectivity index (χ1v) is 3.67. The van der Waals surface area contributed by atoms with Gasteiger partial charge in [0, 0.05) is 0 Å². The van der Waals surface area contributed by atoms with Crippen molar-refractivity contribution < 1.29 is 10.4 Å². The van der Waals surface area contributed by atoms with E-state index >= 15 is 0 Å². The molecule has 1 rings (SSSR count). The number of hydrogen-bond donors (Lipinski definition) is 4. The van der Waals surface area contributed by atoms with Gasteiger partial charge < -0.3 is 0 Å². The number of halogens is 1. The van der Waals surface area contributed by atoms with Gasteiger partial charge in [0.15, 0.2) is 0 Å². The third kappa shape index (κ3) is 1.61. The average Bonchev–Trinajstić information content (AvgIpc) is 2.05. The first kappa shape index (κ1) is 9.12. The lowest BCUT2D eigenvalue weighted by Gasteiger charge is -2.08. The highest BCUT2D eigenvalue weighted by Crippen LogP contribution is 2.27. The summed E-state index contributed by atoms with van der Waals surface area (Å²) in [5.74, 6) is 0. The molecular formula is C7H9ClN2O2. The van der Waals surface area contributed by atoms with Gasteiger partial charge in [0.25, 0.3) is 0 Å². The summed E-state index contributed by atoms with van der Waals surface area (Å²) in [5.41, 5.74) is 5.54. The molecule has 0 amide bonds. The van der Waals surface area contributed by atoms with Crippen LogP contribution in [0.5, 0.6) is 0 Å². The van der Waals surface area contributed by atoms with E-state index < -0.39 is 0 Å². The minimum Gasteiger partial charge on any atom is -0.291 e. The topological polar surface area (TPSA) is 64.5 Å². The van der Waals surface area contributed by atoms with Crippen LogP contribution in [0, 0.1) is 6.92 Å². The van der Waals surface area contributed by atoms with E-state index in [1.807, 2.05) is 11.0 Å². The number of nitrogens with one attached hydrogen (secondary N) is 2. The van der Waals surface area contributed by atoms with Crippen molar-refractivity contribution in [3.05, 3.63) is 22.7 Å². The predicted molar refractivity (Wildman–Crippen MR) is 47.0 cm³/mol. The molecule has 4 nitrogen and oxygen atoms in total. The fourth-order valence-corrected chi connectivity index (χ4v) is 1.14. The maximum Gasteiger partial charge on any atom is 0.0809 e. The van der Waals surface area contributed by atoms with Crippen LogP contribution in [-0.4, -0.2) is 10.4 Å². The third-order valence-corrected chi connectivity index (χ3v) is 1.87. The van der Waals surface area contributed by atoms with Gasteiger partial charge in [-0.15, -0.1) is 0 Å². The van der Waals surface area contributed by atoms with Crippen LogP contribution >= 0.6 is 11.6 Å². The second-order valence-electron chi connectivity index (χ2n) is 2.37. The summed E-state index contributed by atoms with van der Waals surface area (Å²) in [6.45, 7) is 1.78. The molecule has 0 unspecified atom stereocenters. The summed E-state index contributed by atoms with van der Waals surface area (Å²) in [5, 5.41) is 17.6. The van der Waals surface area contributed by atoms with Gasteiger partial charge >= 0.3 is 0 Å². The fourth-order valence-electron chi connectivity index (χ4n) is 0.879. The molecule has 0 bridgehead atoms. The zero-order chi connectivity index (χ0) is 9.14. The van der Waals surface area contributed by atoms with E-state index in [2.05, 4.69) is 0 Å². The van der Waals surface area contributed by atoms with Gasteiger partial charge in [-0.3, -0.25) is 21.4 Å². The summed E-state index contributed by atoms with van der Waals surface area (Å²) in [6.07, 6.45) is 0. The zero-order valence-corrected chi connectivity index (χ0v) is 7.18. The van der Waals surface area contributed by atoms with Crippen molar-refractivity contribution in [3.63, 3.8) is 0 Å². The summed E-state index contributed by atoms with van der Waals surface area (Å²) < 4.78 is 0. The highest BCUT2D eigenvalue weighted by atomic mass is 35.5. The van der Waals surface area contributed by atoms with E-state index in [4.69, 9.17) is 22.0 Å². The standard InChI is InChI=1S/C7H9ClN2O2/c1-4-2-5(8)7(10-12)3-6(4)9-11/h2-3,9-12H,1H3. The second kappa shape index (κ2) is 3.62. The van der Waals surface area contributed by atoms with E-state index in [9.17, 15) is 0 Å². The molecule has 0 aliphatic heterocycles. The normalized spacial score (nSPS) is 9.67. The Hall–Kier alpha value is -0.970. The van der Waals surface area contributed by atoms with Crippen molar-refractivity contribution in [2.24, 2.45) is 0 Å². The Labute approximate surface area is 74.7 Å². The van der Waals surface area contributed by atoms with Crippen LogP contribution < -0.4 is 11.0 Å². The van der Waals surface area contributed by atoms with Gasteiger partial charge in [-0.1, -0.05) is 11.6 Å². The lowest BCUT2D eigenvalue weighted by Crippen LogP contribution is -1.96. The molecule has 0 saturated heterocycles. The molecule has 0 heterocycles. The first-order valence-electron chi connectivity index (χ1n) is 3.29. The Morgan fingerprint density at radius 1 is 1.17 bits per heavy atom. The third-order valence-electron chi connectivity index (χ3n) is 1.55. The van der Waals surface area contributed by atoms with Crippen molar-refractivity contribution in [3.8, 4) is 0 Å². The molecule has 4 N–H and O–H groups in total. The molecule has 0 aliphatic carbocycles. The smallest absolute Gasteiger partial charge is 0.0809 e. The van der Waals surface area contributed by atoms with E-state index in [0.717, 1.165) is 5.56 Å². The van der Waals surface area contributed by atoms with Gasteiger partial charge in [0.1, 0.15) is 0 Å². The lowest BCUT2D eigenvalue weighted by atomic mass is 10.2. The maximum absolute atomic E-state index is 8.63. The Morgan fingerprint density at radius 3 is 2.25 bits per heavy atom. The van der Waals surface area contributed by atoms with E-state index in [1.54, 1.807) is 13.0 Å². The maximum atomic E-state index is 8.63. The van der Waals surface area contributed by atoms with Crippen molar-refractivity contribution >= 4 is 23.0 Å². The predicted octanol–water partition coefficient (Wildman–Crippen LogP) is 2.25. The van der Waals surface area contributed by atoms with Gasteiger partial charge in [-0.25, -0.2) is 0 Å². The van der Waals surface area contributed by atoms with Crippen LogP contribution in [0.15, 0.2) is 12.1 Å². The SMILES string of the molecule is Cc1cc(Cl)c(NO)cc1NO. The summed E-state index contributed by atoms with van der Waals surface area (Å²) in [7, 11) is 0. The zero-order valence-electron chi connectivity index (χ0n) is 6.43. The number of hydrogen-bond acceptors (Lipinski definition) is 4. The van der Waals surface area contributed by atoms with E-state index in [0.29, 0.717) is 16.4 Å².